The van der Waals surface area contributed by atoms with Gasteiger partial charge in [0.25, 0.3) is 0 Å². The maximum atomic E-state index is 12.3. The molecule has 1 aromatic heterocycles. The average molecular weight is 274 g/mol. The highest BCUT2D eigenvalue weighted by atomic mass is 35.5. The second kappa shape index (κ2) is 5.18. The highest BCUT2D eigenvalue weighted by molar-refractivity contribution is 7.15. The predicted molar refractivity (Wildman–Crippen MR) is 58.1 cm³/mol. The van der Waals surface area contributed by atoms with Crippen LogP contribution in [0.4, 0.5) is 18.3 Å². The number of rotatable bonds is 4. The molecule has 0 bridgehead atoms. The molecule has 8 heteroatoms. The van der Waals surface area contributed by atoms with Crippen molar-refractivity contribution in [3.63, 3.8) is 0 Å². The van der Waals surface area contributed by atoms with Crippen molar-refractivity contribution in [3.05, 3.63) is 5.01 Å². The van der Waals surface area contributed by atoms with Crippen LogP contribution >= 0.6 is 22.9 Å². The van der Waals surface area contributed by atoms with Crippen molar-refractivity contribution in [2.24, 2.45) is 0 Å². The topological polar surface area (TPSA) is 29.0 Å². The van der Waals surface area contributed by atoms with Crippen molar-refractivity contribution in [2.45, 2.75) is 26.1 Å². The lowest BCUT2D eigenvalue weighted by atomic mass is 10.3. The van der Waals surface area contributed by atoms with E-state index in [1.807, 2.05) is 13.8 Å². The molecular formula is C8H11ClF3N3S. The third-order valence-electron chi connectivity index (χ3n) is 1.85. The van der Waals surface area contributed by atoms with Crippen molar-refractivity contribution in [3.8, 4) is 0 Å². The van der Waals surface area contributed by atoms with E-state index in [9.17, 15) is 13.2 Å². The Morgan fingerprint density at radius 1 is 1.38 bits per heavy atom. The number of anilines is 1. The van der Waals surface area contributed by atoms with Gasteiger partial charge < -0.3 is 4.90 Å². The van der Waals surface area contributed by atoms with E-state index in [0.29, 0.717) is 23.8 Å². The Kier molecular flexibility index (Phi) is 4.37. The molecule has 0 aliphatic heterocycles. The highest BCUT2D eigenvalue weighted by Gasteiger charge is 2.36. The van der Waals surface area contributed by atoms with Crippen LogP contribution in [0.25, 0.3) is 0 Å². The fourth-order valence-electron chi connectivity index (χ4n) is 1.11. The molecule has 0 fully saturated rings. The van der Waals surface area contributed by atoms with E-state index in [-0.39, 0.29) is 11.2 Å². The molecule has 0 amide bonds. The van der Waals surface area contributed by atoms with Gasteiger partial charge in [0.1, 0.15) is 0 Å². The molecule has 16 heavy (non-hydrogen) atoms. The van der Waals surface area contributed by atoms with Gasteiger partial charge in [-0.05, 0) is 13.8 Å². The minimum absolute atomic E-state index is 0.0350. The van der Waals surface area contributed by atoms with Crippen LogP contribution < -0.4 is 4.90 Å². The van der Waals surface area contributed by atoms with Crippen LogP contribution in [0.2, 0.25) is 0 Å². The molecule has 0 N–H and O–H groups in total. The highest BCUT2D eigenvalue weighted by Crippen LogP contribution is 2.34. The van der Waals surface area contributed by atoms with Gasteiger partial charge in [0.05, 0.1) is 0 Å². The van der Waals surface area contributed by atoms with Crippen molar-refractivity contribution in [1.82, 2.24) is 10.2 Å². The Morgan fingerprint density at radius 3 is 2.38 bits per heavy atom. The van der Waals surface area contributed by atoms with Gasteiger partial charge in [-0.3, -0.25) is 0 Å². The number of hydrogen-bond acceptors (Lipinski definition) is 4. The summed E-state index contributed by atoms with van der Waals surface area (Å²) in [6.07, 6.45) is -4.43. The Balaban J connectivity index is 2.90. The van der Waals surface area contributed by atoms with E-state index < -0.39 is 11.2 Å². The fraction of sp³-hybridized carbons (Fsp3) is 0.750. The monoisotopic (exact) mass is 273 g/mol. The molecule has 0 unspecified atom stereocenters. The van der Waals surface area contributed by atoms with Crippen molar-refractivity contribution in [1.29, 1.82) is 0 Å². The lowest BCUT2D eigenvalue weighted by Gasteiger charge is -2.24. The minimum Gasteiger partial charge on any atom is -0.343 e. The van der Waals surface area contributed by atoms with Gasteiger partial charge in [-0.25, -0.2) is 0 Å². The summed E-state index contributed by atoms with van der Waals surface area (Å²) >= 11 is 6.12. The summed E-state index contributed by atoms with van der Waals surface area (Å²) in [5.74, 6) is 0.332. The van der Waals surface area contributed by atoms with Crippen LogP contribution in [0.15, 0.2) is 0 Å². The first-order valence-corrected chi connectivity index (χ1v) is 5.94. The molecule has 0 spiro atoms. The predicted octanol–water partition coefficient (Wildman–Crippen LogP) is 3.01. The smallest absolute Gasteiger partial charge is 0.343 e. The normalized spacial score (nSPS) is 12.2. The lowest BCUT2D eigenvalue weighted by molar-refractivity contribution is -0.138. The molecule has 0 atom stereocenters. The maximum absolute atomic E-state index is 12.3. The fourth-order valence-corrected chi connectivity index (χ4v) is 2.17. The van der Waals surface area contributed by atoms with E-state index in [1.54, 1.807) is 4.90 Å². The van der Waals surface area contributed by atoms with Crippen LogP contribution in [-0.2, 0) is 6.18 Å². The number of halogens is 4. The zero-order valence-corrected chi connectivity index (χ0v) is 10.3. The van der Waals surface area contributed by atoms with E-state index in [4.69, 9.17) is 11.6 Å². The molecule has 0 aliphatic carbocycles. The summed E-state index contributed by atoms with van der Waals surface area (Å²) < 4.78 is 36.9. The van der Waals surface area contributed by atoms with E-state index >= 15 is 0 Å². The van der Waals surface area contributed by atoms with Crippen LogP contribution in [0.3, 0.4) is 0 Å². The van der Waals surface area contributed by atoms with Gasteiger partial charge >= 0.3 is 6.18 Å². The van der Waals surface area contributed by atoms with Crippen molar-refractivity contribution in [2.75, 3.05) is 17.3 Å². The Labute approximate surface area is 100 Å². The summed E-state index contributed by atoms with van der Waals surface area (Å²) in [4.78, 5) is 1.69. The summed E-state index contributed by atoms with van der Waals surface area (Å²) in [6, 6.07) is 0.0350. The van der Waals surface area contributed by atoms with Gasteiger partial charge in [-0.1, -0.05) is 11.3 Å². The molecule has 3 nitrogen and oxygen atoms in total. The van der Waals surface area contributed by atoms with E-state index in [2.05, 4.69) is 10.2 Å². The number of alkyl halides is 4. The second-order valence-electron chi connectivity index (χ2n) is 3.36. The van der Waals surface area contributed by atoms with E-state index in [1.165, 1.54) is 0 Å². The largest absolute Gasteiger partial charge is 0.445 e. The lowest BCUT2D eigenvalue weighted by Crippen LogP contribution is -2.32. The van der Waals surface area contributed by atoms with Gasteiger partial charge in [0.15, 0.2) is 0 Å². The van der Waals surface area contributed by atoms with Gasteiger partial charge in [0, 0.05) is 18.5 Å². The van der Waals surface area contributed by atoms with Gasteiger partial charge in [-0.15, -0.1) is 21.8 Å². The zero-order valence-electron chi connectivity index (χ0n) is 8.75. The Bertz CT molecular complexity index is 340. The number of hydrogen-bond donors (Lipinski definition) is 0. The molecule has 0 aliphatic rings. The summed E-state index contributed by atoms with van der Waals surface area (Å²) in [5.41, 5.74) is 0. The summed E-state index contributed by atoms with van der Waals surface area (Å²) in [7, 11) is 0. The molecule has 0 saturated heterocycles. The molecule has 0 aromatic carbocycles. The van der Waals surface area contributed by atoms with Crippen molar-refractivity contribution >= 4 is 28.1 Å². The first kappa shape index (κ1) is 13.5. The van der Waals surface area contributed by atoms with Gasteiger partial charge in [-0.2, -0.15) is 13.2 Å². The Morgan fingerprint density at radius 2 is 2.00 bits per heavy atom. The summed E-state index contributed by atoms with van der Waals surface area (Å²) in [5, 5.41) is 6.00. The SMILES string of the molecule is CC(C)N(CCCl)c1nnc(C(F)(F)F)s1. The van der Waals surface area contributed by atoms with Crippen LogP contribution in [0.5, 0.6) is 0 Å². The van der Waals surface area contributed by atoms with Crippen LogP contribution in [-0.4, -0.2) is 28.7 Å². The molecule has 92 valence electrons. The molecule has 1 aromatic rings. The average Bonchev–Trinajstić information content (AvgIpc) is 2.61. The number of nitrogens with zero attached hydrogens (tertiary/aromatic N) is 3. The first-order valence-electron chi connectivity index (χ1n) is 4.59. The quantitative estimate of drug-likeness (QED) is 0.790. The van der Waals surface area contributed by atoms with E-state index in [0.717, 1.165) is 0 Å². The van der Waals surface area contributed by atoms with Crippen molar-refractivity contribution < 1.29 is 13.2 Å². The van der Waals surface area contributed by atoms with Gasteiger partial charge in [0.2, 0.25) is 10.1 Å². The molecule has 0 saturated carbocycles. The maximum Gasteiger partial charge on any atom is 0.445 e. The summed E-state index contributed by atoms with van der Waals surface area (Å²) in [6.45, 7) is 4.17. The zero-order chi connectivity index (χ0) is 12.3. The molecular weight excluding hydrogens is 263 g/mol. The molecule has 0 radical (unpaired) electrons. The minimum atomic E-state index is -4.43. The first-order chi connectivity index (χ1) is 7.36. The number of aromatic nitrogens is 2. The van der Waals surface area contributed by atoms with Crippen LogP contribution in [0, 0.1) is 0 Å². The second-order valence-corrected chi connectivity index (χ2v) is 4.70. The standard InChI is InChI=1S/C8H11ClF3N3S/c1-5(2)15(4-3-9)7-14-13-6(16-7)8(10,11)12/h5H,3-4H2,1-2H3. The molecule has 1 heterocycles. The third kappa shape index (κ3) is 3.21. The third-order valence-corrected chi connectivity index (χ3v) is 3.03. The Hall–Kier alpha value is -0.560. The molecule has 1 rings (SSSR count). The van der Waals surface area contributed by atoms with Crippen LogP contribution in [0.1, 0.15) is 18.9 Å².